The highest BCUT2D eigenvalue weighted by atomic mass is 19.4. The molecule has 14 heteroatoms. The van der Waals surface area contributed by atoms with Gasteiger partial charge in [-0.15, -0.1) is 0 Å². The van der Waals surface area contributed by atoms with E-state index >= 15 is 0 Å². The van der Waals surface area contributed by atoms with Gasteiger partial charge in [-0.3, -0.25) is 9.59 Å². The van der Waals surface area contributed by atoms with Crippen molar-refractivity contribution < 1.29 is 56.4 Å². The average Bonchev–Trinajstić information content (AvgIpc) is 3.82. The number of nitrogens with zero attached hydrogens (tertiary/aromatic N) is 1. The van der Waals surface area contributed by atoms with E-state index in [2.05, 4.69) is 10.1 Å². The van der Waals surface area contributed by atoms with Gasteiger partial charge in [-0.25, -0.2) is 9.59 Å². The van der Waals surface area contributed by atoms with Crippen LogP contribution in [0.25, 0.3) is 6.08 Å². The lowest BCUT2D eigenvalue weighted by Gasteiger charge is -2.33. The van der Waals surface area contributed by atoms with Crippen molar-refractivity contribution in [3.63, 3.8) is 0 Å². The number of nitrogens with one attached hydrogen (secondary N) is 1. The zero-order valence-corrected chi connectivity index (χ0v) is 28.4. The second-order valence-corrected chi connectivity index (χ2v) is 12.7. The van der Waals surface area contributed by atoms with Crippen LogP contribution in [0.15, 0.2) is 103 Å². The summed E-state index contributed by atoms with van der Waals surface area (Å²) in [5.74, 6) is -4.40. The van der Waals surface area contributed by atoms with Gasteiger partial charge < -0.3 is 34.3 Å². The molecule has 2 N–H and O–H groups in total. The minimum Gasteiger partial charge on any atom is -0.456 e. The van der Waals surface area contributed by atoms with E-state index in [1.54, 1.807) is 18.2 Å². The van der Waals surface area contributed by atoms with E-state index in [0.29, 0.717) is 30.5 Å². The average molecular weight is 735 g/mol. The van der Waals surface area contributed by atoms with Crippen molar-refractivity contribution in [3.8, 4) is 0 Å². The predicted molar refractivity (Wildman–Crippen MR) is 183 cm³/mol. The molecule has 2 saturated heterocycles. The van der Waals surface area contributed by atoms with E-state index in [4.69, 9.17) is 14.2 Å². The van der Waals surface area contributed by atoms with Crippen LogP contribution in [0.2, 0.25) is 0 Å². The Balaban J connectivity index is 1.32. The lowest BCUT2D eigenvalue weighted by Crippen LogP contribution is -2.49. The monoisotopic (exact) mass is 734 g/mol. The molecule has 2 heterocycles. The maximum atomic E-state index is 14.2. The highest BCUT2D eigenvalue weighted by Gasteiger charge is 2.55. The van der Waals surface area contributed by atoms with Crippen LogP contribution in [0.5, 0.6) is 0 Å². The highest BCUT2D eigenvalue weighted by Crippen LogP contribution is 2.47. The number of hydrogen-bond acceptors (Lipinski definition) is 9. The Morgan fingerprint density at radius 1 is 0.943 bits per heavy atom. The molecule has 0 radical (unpaired) electrons. The van der Waals surface area contributed by atoms with Gasteiger partial charge in [-0.1, -0.05) is 78.9 Å². The number of halogens is 3. The summed E-state index contributed by atoms with van der Waals surface area (Å²) in [5, 5.41) is 11.8. The third kappa shape index (κ3) is 8.51. The molecule has 53 heavy (non-hydrogen) atoms. The Hall–Kier alpha value is -5.31. The van der Waals surface area contributed by atoms with Crippen LogP contribution in [0, 0.1) is 0 Å². The normalized spacial score (nSPS) is 22.2. The standard InChI is InChI=1S/C39H37F3N2O9/c40-38(41,42)24-50-33(46)18-17-25-10-7-8-15-29(25)37(49)51-31-22-26(36(48)44-20-9-16-30(44)35(47)43-19-21-45)23-32-34(31)53-39(52-32,27-11-3-1-4-12-27)28-13-5-2-6-14-28/h1-8,10-15,17-18,23,30-32,34,45H,9,16,19-22,24H2,(H,43,47). The lowest BCUT2D eigenvalue weighted by atomic mass is 9.91. The van der Waals surface area contributed by atoms with Gasteiger partial charge in [0.15, 0.2) is 6.61 Å². The van der Waals surface area contributed by atoms with Crippen molar-refractivity contribution in [2.24, 2.45) is 0 Å². The van der Waals surface area contributed by atoms with Crippen molar-refractivity contribution in [2.45, 2.75) is 55.6 Å². The number of hydrogen-bond donors (Lipinski definition) is 2. The topological polar surface area (TPSA) is 141 Å². The minimum absolute atomic E-state index is 0.0113. The summed E-state index contributed by atoms with van der Waals surface area (Å²) in [4.78, 5) is 54.4. The molecule has 0 bridgehead atoms. The molecule has 4 unspecified atom stereocenters. The number of benzene rings is 3. The van der Waals surface area contributed by atoms with Gasteiger partial charge in [0.05, 0.1) is 12.2 Å². The quantitative estimate of drug-likeness (QED) is 0.216. The number of aliphatic hydroxyl groups is 1. The number of ether oxygens (including phenoxy) is 4. The van der Waals surface area contributed by atoms with Crippen LogP contribution < -0.4 is 5.32 Å². The number of fused-ring (bicyclic) bond motifs is 1. The largest absolute Gasteiger partial charge is 0.456 e. The van der Waals surface area contributed by atoms with Crippen LogP contribution in [0.1, 0.15) is 46.3 Å². The van der Waals surface area contributed by atoms with Crippen LogP contribution in [-0.2, 0) is 39.1 Å². The van der Waals surface area contributed by atoms with Crippen LogP contribution in [0.4, 0.5) is 13.2 Å². The predicted octanol–water partition coefficient (Wildman–Crippen LogP) is 4.45. The van der Waals surface area contributed by atoms with Crippen molar-refractivity contribution >= 4 is 29.8 Å². The van der Waals surface area contributed by atoms with Crippen molar-refractivity contribution in [1.82, 2.24) is 10.2 Å². The van der Waals surface area contributed by atoms with Crippen LogP contribution >= 0.6 is 0 Å². The zero-order valence-electron chi connectivity index (χ0n) is 28.4. The van der Waals surface area contributed by atoms with Gasteiger partial charge >= 0.3 is 18.1 Å². The molecule has 1 aliphatic carbocycles. The Morgan fingerprint density at radius 2 is 1.60 bits per heavy atom. The molecule has 2 aliphatic heterocycles. The zero-order chi connectivity index (χ0) is 37.6. The van der Waals surface area contributed by atoms with E-state index in [1.165, 1.54) is 17.0 Å². The number of carbonyl (C=O) groups excluding carboxylic acids is 4. The van der Waals surface area contributed by atoms with Crippen molar-refractivity contribution in [2.75, 3.05) is 26.3 Å². The smallest absolute Gasteiger partial charge is 0.422 e. The van der Waals surface area contributed by atoms with E-state index in [9.17, 15) is 37.5 Å². The van der Waals surface area contributed by atoms with Crippen LogP contribution in [0.3, 0.4) is 0 Å². The molecular weight excluding hydrogens is 697 g/mol. The van der Waals surface area contributed by atoms with E-state index in [0.717, 1.165) is 12.2 Å². The molecular formula is C39H37F3N2O9. The minimum atomic E-state index is -4.70. The molecule has 6 rings (SSSR count). The Labute approximate surface area is 303 Å². The molecule has 278 valence electrons. The second-order valence-electron chi connectivity index (χ2n) is 12.7. The number of carbonyl (C=O) groups is 4. The summed E-state index contributed by atoms with van der Waals surface area (Å²) >= 11 is 0. The van der Waals surface area contributed by atoms with E-state index in [1.807, 2.05) is 60.7 Å². The third-order valence-corrected chi connectivity index (χ3v) is 9.11. The van der Waals surface area contributed by atoms with Gasteiger partial charge in [0, 0.05) is 42.3 Å². The highest BCUT2D eigenvalue weighted by molar-refractivity contribution is 5.98. The molecule has 2 amide bonds. The van der Waals surface area contributed by atoms with Crippen molar-refractivity contribution in [3.05, 3.63) is 125 Å². The van der Waals surface area contributed by atoms with Gasteiger partial charge in [-0.05, 0) is 36.6 Å². The first kappa shape index (κ1) is 37.4. The molecule has 4 atom stereocenters. The Morgan fingerprint density at radius 3 is 2.26 bits per heavy atom. The summed E-state index contributed by atoms with van der Waals surface area (Å²) in [7, 11) is 0. The first-order chi connectivity index (χ1) is 25.5. The summed E-state index contributed by atoms with van der Waals surface area (Å²) in [6.07, 6.45) is -3.13. The number of rotatable bonds is 11. The summed E-state index contributed by atoms with van der Waals surface area (Å²) < 4.78 is 61.5. The fraction of sp³-hybridized carbons (Fsp3) is 0.333. The number of esters is 2. The number of alkyl halides is 3. The van der Waals surface area contributed by atoms with Gasteiger partial charge in [0.1, 0.15) is 24.4 Å². The maximum absolute atomic E-state index is 14.2. The van der Waals surface area contributed by atoms with E-state index < -0.39 is 60.8 Å². The van der Waals surface area contributed by atoms with Gasteiger partial charge in [-0.2, -0.15) is 13.2 Å². The summed E-state index contributed by atoms with van der Waals surface area (Å²) in [5.41, 5.74) is 1.70. The lowest BCUT2D eigenvalue weighted by molar-refractivity contribution is -0.182. The molecule has 11 nitrogen and oxygen atoms in total. The molecule has 0 aromatic heterocycles. The fourth-order valence-electron chi connectivity index (χ4n) is 6.73. The number of likely N-dealkylation sites (tertiary alicyclic amines) is 1. The third-order valence-electron chi connectivity index (χ3n) is 9.11. The van der Waals surface area contributed by atoms with Gasteiger partial charge in [0.2, 0.25) is 17.6 Å². The molecule has 3 aromatic rings. The van der Waals surface area contributed by atoms with Crippen LogP contribution in [-0.4, -0.2) is 90.6 Å². The molecule has 3 aromatic carbocycles. The molecule has 2 fully saturated rings. The maximum Gasteiger partial charge on any atom is 0.422 e. The first-order valence-corrected chi connectivity index (χ1v) is 17.1. The van der Waals surface area contributed by atoms with Crippen molar-refractivity contribution in [1.29, 1.82) is 0 Å². The summed E-state index contributed by atoms with van der Waals surface area (Å²) in [6.45, 7) is -1.66. The SMILES string of the molecule is O=C(C=Cc1ccccc1C(=O)OC1CC(C(=O)N2CCCC2C(=O)NCCO)=CC2OC(c3ccccc3)(c3ccccc3)OC21)OCC(F)(F)F. The summed E-state index contributed by atoms with van der Waals surface area (Å²) in [6, 6.07) is 23.6. The molecule has 0 saturated carbocycles. The molecule has 3 aliphatic rings. The second kappa shape index (κ2) is 16.1. The number of aliphatic hydroxyl groups excluding tert-OH is 1. The van der Waals surface area contributed by atoms with E-state index in [-0.39, 0.29) is 42.2 Å². The Bertz CT molecular complexity index is 1830. The first-order valence-electron chi connectivity index (χ1n) is 17.1. The molecule has 0 spiro atoms. The number of amides is 2. The Kier molecular flexibility index (Phi) is 11.4. The van der Waals surface area contributed by atoms with Gasteiger partial charge in [0.25, 0.3) is 0 Å². The fourth-order valence-corrected chi connectivity index (χ4v) is 6.73.